The molecule has 0 N–H and O–H groups in total. The number of nitrogens with zero attached hydrogens (tertiary/aromatic N) is 1. The van der Waals surface area contributed by atoms with E-state index in [1.54, 1.807) is 7.11 Å². The van der Waals surface area contributed by atoms with Gasteiger partial charge in [0.25, 0.3) is 0 Å². The number of methoxy groups -OCH3 is 1. The van der Waals surface area contributed by atoms with Crippen LogP contribution in [0.2, 0.25) is 0 Å². The Morgan fingerprint density at radius 1 is 1.20 bits per heavy atom. The van der Waals surface area contributed by atoms with E-state index in [1.165, 1.54) is 6.54 Å². The van der Waals surface area contributed by atoms with Gasteiger partial charge in [0.15, 0.2) is 0 Å². The number of hydrogen-bond acceptors (Lipinski definition) is 1. The third-order valence-corrected chi connectivity index (χ3v) is 1.18. The first kappa shape index (κ1) is 13.0. The Bertz CT molecular complexity index is 70.5. The molecule has 0 aromatic carbocycles. The van der Waals surface area contributed by atoms with Crippen LogP contribution < -0.4 is 17.0 Å². The molecule has 2 nitrogen and oxygen atoms in total. The lowest BCUT2D eigenvalue weighted by atomic mass is 10.4. The highest BCUT2D eigenvalue weighted by Crippen LogP contribution is 1.92. The van der Waals surface area contributed by atoms with Crippen molar-refractivity contribution in [3.63, 3.8) is 0 Å². The molecule has 0 aromatic heterocycles. The summed E-state index contributed by atoms with van der Waals surface area (Å²) < 4.78 is 5.96. The standard InChI is InChI=1S/C7H18NO.BrH/c1-8(2,3)6-5-7-9-4;/h5-7H2,1-4H3;1H/q+1;/p-1. The Hall–Kier alpha value is 0.400. The maximum absolute atomic E-state index is 4.93. The molecule has 0 spiro atoms. The predicted octanol–water partition coefficient (Wildman–Crippen LogP) is -2.27. The van der Waals surface area contributed by atoms with Crippen LogP contribution in [0, 0.1) is 0 Å². The van der Waals surface area contributed by atoms with E-state index < -0.39 is 0 Å². The zero-order valence-electron chi connectivity index (χ0n) is 7.35. The van der Waals surface area contributed by atoms with Crippen molar-refractivity contribution in [2.45, 2.75) is 6.42 Å². The monoisotopic (exact) mass is 211 g/mol. The molecule has 0 aliphatic heterocycles. The van der Waals surface area contributed by atoms with Crippen LogP contribution in [0.25, 0.3) is 0 Å². The fraction of sp³-hybridized carbons (Fsp3) is 1.00. The molecule has 10 heavy (non-hydrogen) atoms. The summed E-state index contributed by atoms with van der Waals surface area (Å²) in [6, 6.07) is 0. The first-order valence-electron chi connectivity index (χ1n) is 3.35. The lowest BCUT2D eigenvalue weighted by Crippen LogP contribution is -3.00. The molecule has 0 bridgehead atoms. The molecule has 0 unspecified atom stereocenters. The number of quaternary nitrogens is 1. The summed E-state index contributed by atoms with van der Waals surface area (Å²) in [5.74, 6) is 0. The van der Waals surface area contributed by atoms with Crippen LogP contribution in [0.1, 0.15) is 6.42 Å². The Kier molecular flexibility index (Phi) is 7.99. The summed E-state index contributed by atoms with van der Waals surface area (Å²) in [5.41, 5.74) is 0. The molecule has 0 fully saturated rings. The summed E-state index contributed by atoms with van der Waals surface area (Å²) in [4.78, 5) is 0. The first-order chi connectivity index (χ1) is 4.06. The van der Waals surface area contributed by atoms with Gasteiger partial charge in [-0.2, -0.15) is 0 Å². The van der Waals surface area contributed by atoms with Gasteiger partial charge in [0, 0.05) is 13.5 Å². The molecule has 0 aliphatic rings. The predicted molar refractivity (Wildman–Crippen MR) is 39.4 cm³/mol. The van der Waals surface area contributed by atoms with E-state index in [0.29, 0.717) is 0 Å². The van der Waals surface area contributed by atoms with Crippen molar-refractivity contribution in [3.8, 4) is 0 Å². The molecule has 0 atom stereocenters. The Balaban J connectivity index is 0. The third-order valence-electron chi connectivity index (χ3n) is 1.18. The van der Waals surface area contributed by atoms with E-state index >= 15 is 0 Å². The topological polar surface area (TPSA) is 9.23 Å². The van der Waals surface area contributed by atoms with Gasteiger partial charge in [0.1, 0.15) is 0 Å². The SMILES string of the molecule is COCCC[N+](C)(C)C.[Br-]. The minimum Gasteiger partial charge on any atom is -1.00 e. The highest BCUT2D eigenvalue weighted by Gasteiger charge is 2.04. The second kappa shape index (κ2) is 6.13. The van der Waals surface area contributed by atoms with E-state index in [4.69, 9.17) is 4.74 Å². The normalized spacial score (nSPS) is 10.8. The fourth-order valence-corrected chi connectivity index (χ4v) is 0.683. The van der Waals surface area contributed by atoms with E-state index in [-0.39, 0.29) is 17.0 Å². The van der Waals surface area contributed by atoms with Gasteiger partial charge in [-0.15, -0.1) is 0 Å². The number of rotatable bonds is 4. The average molecular weight is 212 g/mol. The third kappa shape index (κ3) is 11.2. The van der Waals surface area contributed by atoms with Crippen molar-refractivity contribution in [2.75, 3.05) is 41.4 Å². The van der Waals surface area contributed by atoms with Gasteiger partial charge in [0.2, 0.25) is 0 Å². The van der Waals surface area contributed by atoms with Gasteiger partial charge in [-0.05, 0) is 0 Å². The lowest BCUT2D eigenvalue weighted by molar-refractivity contribution is -0.870. The van der Waals surface area contributed by atoms with Crippen molar-refractivity contribution < 1.29 is 26.2 Å². The van der Waals surface area contributed by atoms with Crippen molar-refractivity contribution in [2.24, 2.45) is 0 Å². The summed E-state index contributed by atoms with van der Waals surface area (Å²) in [7, 11) is 8.32. The van der Waals surface area contributed by atoms with Gasteiger partial charge in [-0.1, -0.05) is 0 Å². The molecule has 0 saturated heterocycles. The maximum Gasteiger partial charge on any atom is 0.0802 e. The van der Waals surface area contributed by atoms with Crippen molar-refractivity contribution >= 4 is 0 Å². The largest absolute Gasteiger partial charge is 1.00 e. The van der Waals surface area contributed by atoms with Crippen LogP contribution in [0.3, 0.4) is 0 Å². The summed E-state index contributed by atoms with van der Waals surface area (Å²) in [5, 5.41) is 0. The second-order valence-electron chi connectivity index (χ2n) is 3.36. The van der Waals surface area contributed by atoms with Crippen LogP contribution in [0.4, 0.5) is 0 Å². The lowest BCUT2D eigenvalue weighted by Gasteiger charge is -2.23. The highest BCUT2D eigenvalue weighted by atomic mass is 79.9. The van der Waals surface area contributed by atoms with E-state index in [1.807, 2.05) is 0 Å². The molecule has 0 heterocycles. The molecule has 0 radical (unpaired) electrons. The molecule has 0 aromatic rings. The van der Waals surface area contributed by atoms with E-state index in [2.05, 4.69) is 21.1 Å². The molecular formula is C7H18BrNO. The molecule has 3 heteroatoms. The van der Waals surface area contributed by atoms with Crippen LogP contribution in [0.5, 0.6) is 0 Å². The number of hydrogen-bond donors (Lipinski definition) is 0. The smallest absolute Gasteiger partial charge is 0.0802 e. The molecule has 64 valence electrons. The minimum atomic E-state index is 0. The Morgan fingerprint density at radius 2 is 1.70 bits per heavy atom. The van der Waals surface area contributed by atoms with Gasteiger partial charge in [-0.25, -0.2) is 0 Å². The second-order valence-corrected chi connectivity index (χ2v) is 3.36. The molecule has 0 saturated carbocycles. The molecule has 0 rings (SSSR count). The van der Waals surface area contributed by atoms with Crippen molar-refractivity contribution in [1.29, 1.82) is 0 Å². The highest BCUT2D eigenvalue weighted by molar-refractivity contribution is 4.30. The summed E-state index contributed by atoms with van der Waals surface area (Å²) >= 11 is 0. The van der Waals surface area contributed by atoms with Crippen LogP contribution in [-0.4, -0.2) is 45.9 Å². The van der Waals surface area contributed by atoms with Crippen LogP contribution in [0.15, 0.2) is 0 Å². The number of ether oxygens (including phenoxy) is 1. The van der Waals surface area contributed by atoms with Crippen LogP contribution in [-0.2, 0) is 4.74 Å². The Labute approximate surface area is 74.5 Å². The quantitative estimate of drug-likeness (QED) is 0.377. The zero-order chi connectivity index (χ0) is 7.33. The maximum atomic E-state index is 4.93. The van der Waals surface area contributed by atoms with Gasteiger partial charge in [-0.3, -0.25) is 0 Å². The Morgan fingerprint density at radius 3 is 2.00 bits per heavy atom. The van der Waals surface area contributed by atoms with E-state index in [0.717, 1.165) is 17.5 Å². The first-order valence-corrected chi connectivity index (χ1v) is 3.35. The van der Waals surface area contributed by atoms with Gasteiger partial charge >= 0.3 is 0 Å². The van der Waals surface area contributed by atoms with Gasteiger partial charge in [0.05, 0.1) is 34.3 Å². The van der Waals surface area contributed by atoms with E-state index in [9.17, 15) is 0 Å². The molecule has 0 aliphatic carbocycles. The van der Waals surface area contributed by atoms with Gasteiger partial charge < -0.3 is 26.2 Å². The minimum absolute atomic E-state index is 0. The number of halogens is 1. The summed E-state index contributed by atoms with van der Waals surface area (Å²) in [6.07, 6.45) is 1.15. The zero-order valence-corrected chi connectivity index (χ0v) is 8.94. The van der Waals surface area contributed by atoms with Crippen molar-refractivity contribution in [1.82, 2.24) is 0 Å². The van der Waals surface area contributed by atoms with Crippen LogP contribution >= 0.6 is 0 Å². The molecular weight excluding hydrogens is 194 g/mol. The molecule has 0 amide bonds. The van der Waals surface area contributed by atoms with Crippen molar-refractivity contribution in [3.05, 3.63) is 0 Å². The summed E-state index contributed by atoms with van der Waals surface area (Å²) in [6.45, 7) is 2.07. The average Bonchev–Trinajstić information content (AvgIpc) is 1.63. The fourth-order valence-electron chi connectivity index (χ4n) is 0.683.